The number of anilines is 1. The van der Waals surface area contributed by atoms with Crippen LogP contribution in [0.15, 0.2) is 47.8 Å². The quantitative estimate of drug-likeness (QED) is 0.630. The van der Waals surface area contributed by atoms with Crippen molar-refractivity contribution in [1.29, 1.82) is 0 Å². The number of nitrogens with zero attached hydrogens (tertiary/aromatic N) is 1. The second-order valence-corrected chi connectivity index (χ2v) is 6.66. The molecule has 7 heteroatoms. The molecule has 0 unspecified atom stereocenters. The number of rotatable bonds is 6. The lowest BCUT2D eigenvalue weighted by atomic mass is 10.1. The number of amides is 1. The molecule has 134 valence electrons. The van der Waals surface area contributed by atoms with Gasteiger partial charge in [-0.1, -0.05) is 29.8 Å². The molecule has 0 aliphatic rings. The highest BCUT2D eigenvalue weighted by atomic mass is 35.5. The van der Waals surface area contributed by atoms with Crippen LogP contribution in [0, 0.1) is 5.82 Å². The van der Waals surface area contributed by atoms with Crippen molar-refractivity contribution in [3.8, 4) is 17.0 Å². The van der Waals surface area contributed by atoms with Gasteiger partial charge < -0.3 is 10.1 Å². The van der Waals surface area contributed by atoms with Crippen molar-refractivity contribution < 1.29 is 13.9 Å². The van der Waals surface area contributed by atoms with Gasteiger partial charge in [0.05, 0.1) is 18.7 Å². The Morgan fingerprint density at radius 1 is 1.27 bits per heavy atom. The van der Waals surface area contributed by atoms with E-state index in [9.17, 15) is 9.18 Å². The fourth-order valence-corrected chi connectivity index (χ4v) is 3.40. The molecule has 4 nitrogen and oxygen atoms in total. The van der Waals surface area contributed by atoms with Gasteiger partial charge in [-0.2, -0.15) is 0 Å². The predicted octanol–water partition coefficient (Wildman–Crippen LogP) is 5.18. The molecular weight excluding hydrogens is 375 g/mol. The summed E-state index contributed by atoms with van der Waals surface area (Å²) in [6.45, 7) is 2.46. The minimum absolute atomic E-state index is 0.157. The number of hydrogen-bond acceptors (Lipinski definition) is 4. The second kappa shape index (κ2) is 8.29. The largest absolute Gasteiger partial charge is 0.493 e. The second-order valence-electron chi connectivity index (χ2n) is 5.39. The van der Waals surface area contributed by atoms with E-state index < -0.39 is 5.82 Å². The van der Waals surface area contributed by atoms with Crippen molar-refractivity contribution in [1.82, 2.24) is 4.98 Å². The normalized spacial score (nSPS) is 10.6. The van der Waals surface area contributed by atoms with Crippen molar-refractivity contribution in [3.63, 3.8) is 0 Å². The van der Waals surface area contributed by atoms with Crippen molar-refractivity contribution in [3.05, 3.63) is 64.2 Å². The van der Waals surface area contributed by atoms with E-state index in [2.05, 4.69) is 10.3 Å². The molecule has 0 radical (unpaired) electrons. The molecule has 26 heavy (non-hydrogen) atoms. The van der Waals surface area contributed by atoms with Crippen LogP contribution in [-0.2, 0) is 11.2 Å². The van der Waals surface area contributed by atoms with Gasteiger partial charge in [0.1, 0.15) is 11.6 Å². The molecule has 0 atom stereocenters. The van der Waals surface area contributed by atoms with E-state index in [-0.39, 0.29) is 22.9 Å². The number of carbonyl (C=O) groups excluding carboxylic acids is 1. The minimum Gasteiger partial charge on any atom is -0.493 e. The molecule has 3 rings (SSSR count). The van der Waals surface area contributed by atoms with Gasteiger partial charge in [-0.25, -0.2) is 9.37 Å². The van der Waals surface area contributed by atoms with Gasteiger partial charge in [0.15, 0.2) is 5.13 Å². The first-order valence-corrected chi connectivity index (χ1v) is 9.24. The summed E-state index contributed by atoms with van der Waals surface area (Å²) in [6, 6.07) is 11.9. The van der Waals surface area contributed by atoms with E-state index in [1.807, 2.05) is 36.6 Å². The van der Waals surface area contributed by atoms with E-state index in [1.54, 1.807) is 6.07 Å². The number of para-hydroxylation sites is 1. The zero-order valence-electron chi connectivity index (χ0n) is 14.0. The summed E-state index contributed by atoms with van der Waals surface area (Å²) in [5, 5.41) is 5.19. The van der Waals surface area contributed by atoms with Crippen LogP contribution in [0.3, 0.4) is 0 Å². The molecule has 0 spiro atoms. The molecule has 0 aliphatic carbocycles. The zero-order valence-corrected chi connectivity index (χ0v) is 15.5. The van der Waals surface area contributed by atoms with Crippen LogP contribution in [0.4, 0.5) is 9.52 Å². The van der Waals surface area contributed by atoms with Gasteiger partial charge in [0.25, 0.3) is 0 Å². The van der Waals surface area contributed by atoms with Crippen molar-refractivity contribution in [2.45, 2.75) is 13.3 Å². The van der Waals surface area contributed by atoms with Gasteiger partial charge in [0.2, 0.25) is 5.91 Å². The Balaban J connectivity index is 1.74. The summed E-state index contributed by atoms with van der Waals surface area (Å²) in [5.41, 5.74) is 1.73. The lowest BCUT2D eigenvalue weighted by Crippen LogP contribution is -2.15. The molecule has 0 bridgehead atoms. The highest BCUT2D eigenvalue weighted by molar-refractivity contribution is 7.14. The number of hydrogen-bond donors (Lipinski definition) is 1. The van der Waals surface area contributed by atoms with E-state index in [0.717, 1.165) is 11.3 Å². The SMILES string of the molecule is CCOc1ccccc1-c1csc(NC(=O)Cc2c(F)cccc2Cl)n1. The third-order valence-corrected chi connectivity index (χ3v) is 4.72. The Hall–Kier alpha value is -2.44. The zero-order chi connectivity index (χ0) is 18.5. The molecule has 0 saturated carbocycles. The summed E-state index contributed by atoms with van der Waals surface area (Å²) >= 11 is 7.25. The molecule has 1 amide bonds. The molecule has 1 N–H and O–H groups in total. The number of carbonyl (C=O) groups is 1. The van der Waals surface area contributed by atoms with E-state index >= 15 is 0 Å². The van der Waals surface area contributed by atoms with Crippen LogP contribution >= 0.6 is 22.9 Å². The van der Waals surface area contributed by atoms with Crippen LogP contribution in [-0.4, -0.2) is 17.5 Å². The van der Waals surface area contributed by atoms with E-state index in [4.69, 9.17) is 16.3 Å². The lowest BCUT2D eigenvalue weighted by molar-refractivity contribution is -0.115. The lowest BCUT2D eigenvalue weighted by Gasteiger charge is -2.07. The predicted molar refractivity (Wildman–Crippen MR) is 102 cm³/mol. The van der Waals surface area contributed by atoms with Gasteiger partial charge >= 0.3 is 0 Å². The van der Waals surface area contributed by atoms with Crippen LogP contribution in [0.25, 0.3) is 11.3 Å². The molecular formula is C19H16ClFN2O2S. The highest BCUT2D eigenvalue weighted by Crippen LogP contribution is 2.32. The average Bonchev–Trinajstić information content (AvgIpc) is 3.07. The monoisotopic (exact) mass is 390 g/mol. The van der Waals surface area contributed by atoms with Crippen molar-refractivity contribution in [2.75, 3.05) is 11.9 Å². The molecule has 1 aromatic heterocycles. The number of benzene rings is 2. The molecule has 2 aromatic carbocycles. The highest BCUT2D eigenvalue weighted by Gasteiger charge is 2.15. The number of nitrogens with one attached hydrogen (secondary N) is 1. The van der Waals surface area contributed by atoms with Gasteiger partial charge in [-0.3, -0.25) is 4.79 Å². The van der Waals surface area contributed by atoms with Crippen LogP contribution < -0.4 is 10.1 Å². The first-order valence-electron chi connectivity index (χ1n) is 7.99. The molecule has 3 aromatic rings. The Bertz CT molecular complexity index is 909. The summed E-state index contributed by atoms with van der Waals surface area (Å²) in [6.07, 6.45) is -0.157. The first kappa shape index (κ1) is 18.4. The summed E-state index contributed by atoms with van der Waals surface area (Å²) in [7, 11) is 0. The van der Waals surface area contributed by atoms with Crippen molar-refractivity contribution in [2.24, 2.45) is 0 Å². The Morgan fingerprint density at radius 2 is 2.08 bits per heavy atom. The van der Waals surface area contributed by atoms with Crippen LogP contribution in [0.1, 0.15) is 12.5 Å². The van der Waals surface area contributed by atoms with E-state index in [1.165, 1.54) is 23.5 Å². The van der Waals surface area contributed by atoms with Crippen molar-refractivity contribution >= 4 is 34.0 Å². The third kappa shape index (κ3) is 4.20. The van der Waals surface area contributed by atoms with Gasteiger partial charge in [-0.05, 0) is 31.2 Å². The number of ether oxygens (including phenoxy) is 1. The smallest absolute Gasteiger partial charge is 0.230 e. The Labute approximate surface area is 159 Å². The van der Waals surface area contributed by atoms with E-state index in [0.29, 0.717) is 17.4 Å². The molecule has 0 saturated heterocycles. The fraction of sp³-hybridized carbons (Fsp3) is 0.158. The van der Waals surface area contributed by atoms with Gasteiger partial charge in [0, 0.05) is 21.5 Å². The Kier molecular flexibility index (Phi) is 5.85. The Morgan fingerprint density at radius 3 is 2.85 bits per heavy atom. The van der Waals surface area contributed by atoms with Gasteiger partial charge in [-0.15, -0.1) is 11.3 Å². The molecule has 0 fully saturated rings. The summed E-state index contributed by atoms with van der Waals surface area (Å²) < 4.78 is 19.4. The standard InChI is InChI=1S/C19H16ClFN2O2S/c1-2-25-17-9-4-3-6-12(17)16-11-26-19(22-16)23-18(24)10-13-14(20)7-5-8-15(13)21/h3-9,11H,2,10H2,1H3,(H,22,23,24). The fourth-order valence-electron chi connectivity index (χ4n) is 2.44. The third-order valence-electron chi connectivity index (χ3n) is 3.61. The van der Waals surface area contributed by atoms with Crippen LogP contribution in [0.5, 0.6) is 5.75 Å². The summed E-state index contributed by atoms with van der Waals surface area (Å²) in [4.78, 5) is 16.6. The number of halogens is 2. The number of aromatic nitrogens is 1. The maximum Gasteiger partial charge on any atom is 0.230 e. The minimum atomic E-state index is -0.502. The molecule has 0 aliphatic heterocycles. The average molecular weight is 391 g/mol. The maximum atomic E-state index is 13.8. The number of thiazole rings is 1. The topological polar surface area (TPSA) is 51.2 Å². The summed E-state index contributed by atoms with van der Waals surface area (Å²) in [5.74, 6) is -0.148. The maximum absolute atomic E-state index is 13.8. The first-order chi connectivity index (χ1) is 12.6. The molecule has 1 heterocycles. The van der Waals surface area contributed by atoms with Crippen LogP contribution in [0.2, 0.25) is 5.02 Å².